The van der Waals surface area contributed by atoms with Crippen LogP contribution in [0.3, 0.4) is 0 Å². The number of hydrogen-bond acceptors (Lipinski definition) is 2. The maximum absolute atomic E-state index is 12.2. The molecule has 0 radical (unpaired) electrons. The van der Waals surface area contributed by atoms with Crippen LogP contribution in [0.5, 0.6) is 0 Å². The topological polar surface area (TPSA) is 46.3 Å². The lowest BCUT2D eigenvalue weighted by Gasteiger charge is -2.22. The number of hydrogen-bond donors (Lipinski definition) is 1. The van der Waals surface area contributed by atoms with Gasteiger partial charge in [-0.3, -0.25) is 4.79 Å². The zero-order valence-corrected chi connectivity index (χ0v) is 12.4. The molecule has 0 spiro atoms. The fourth-order valence-corrected chi connectivity index (χ4v) is 2.58. The van der Waals surface area contributed by atoms with Crippen LogP contribution in [0.15, 0.2) is 30.3 Å². The van der Waals surface area contributed by atoms with Crippen molar-refractivity contribution in [1.29, 1.82) is 0 Å². The Balaban J connectivity index is 1.98. The van der Waals surface area contributed by atoms with Crippen molar-refractivity contribution in [2.24, 2.45) is 5.41 Å². The van der Waals surface area contributed by atoms with Crippen molar-refractivity contribution in [3.63, 3.8) is 0 Å². The van der Waals surface area contributed by atoms with Gasteiger partial charge in [0.15, 0.2) is 0 Å². The Kier molecular flexibility index (Phi) is 4.48. The van der Waals surface area contributed by atoms with E-state index in [1.807, 2.05) is 35.2 Å². The average Bonchev–Trinajstić information content (AvgIpc) is 2.57. The molecule has 0 aliphatic carbocycles. The zero-order chi connectivity index (χ0) is 14.6. The molecule has 1 heterocycles. The lowest BCUT2D eigenvalue weighted by Crippen LogP contribution is -2.30. The molecule has 0 bridgehead atoms. The van der Waals surface area contributed by atoms with Crippen LogP contribution in [-0.4, -0.2) is 23.9 Å². The predicted octanol–water partition coefficient (Wildman–Crippen LogP) is 3.32. The smallest absolute Gasteiger partial charge is 0.246 e. The Morgan fingerprint density at radius 2 is 2.10 bits per heavy atom. The molecule has 0 unspecified atom stereocenters. The van der Waals surface area contributed by atoms with Crippen LogP contribution in [0, 0.1) is 5.41 Å². The Hall–Kier alpha value is -1.77. The van der Waals surface area contributed by atoms with E-state index in [0.717, 1.165) is 37.2 Å². The fraction of sp³-hybridized carbons (Fsp3) is 0.471. The third kappa shape index (κ3) is 4.12. The Morgan fingerprint density at radius 1 is 1.30 bits per heavy atom. The number of rotatable bonds is 2. The molecule has 0 aromatic heterocycles. The van der Waals surface area contributed by atoms with E-state index in [4.69, 9.17) is 5.73 Å². The fourth-order valence-electron chi connectivity index (χ4n) is 2.58. The molecule has 0 saturated carbocycles. The molecule has 3 nitrogen and oxygen atoms in total. The molecule has 1 aromatic rings. The maximum Gasteiger partial charge on any atom is 0.246 e. The molecule has 1 saturated heterocycles. The van der Waals surface area contributed by atoms with Crippen molar-refractivity contribution >= 4 is 17.7 Å². The number of benzene rings is 1. The largest absolute Gasteiger partial charge is 0.399 e. The molecular weight excluding hydrogens is 248 g/mol. The van der Waals surface area contributed by atoms with E-state index in [1.54, 1.807) is 6.08 Å². The standard InChI is InChI=1S/C17H24N2O/c1-17(2)9-4-11-19(12-10-17)16(20)8-7-14-5-3-6-15(18)13-14/h3,5-8,13H,4,9-12,18H2,1-2H3/b8-7+. The van der Waals surface area contributed by atoms with E-state index < -0.39 is 0 Å². The Morgan fingerprint density at radius 3 is 2.85 bits per heavy atom. The highest BCUT2D eigenvalue weighted by atomic mass is 16.2. The lowest BCUT2D eigenvalue weighted by molar-refractivity contribution is -0.125. The van der Waals surface area contributed by atoms with Gasteiger partial charge in [-0.05, 0) is 48.4 Å². The van der Waals surface area contributed by atoms with Gasteiger partial charge in [0.1, 0.15) is 0 Å². The second-order valence-corrected chi connectivity index (χ2v) is 6.35. The molecular formula is C17H24N2O. The lowest BCUT2D eigenvalue weighted by atomic mass is 9.85. The molecule has 1 fully saturated rings. The van der Waals surface area contributed by atoms with Gasteiger partial charge < -0.3 is 10.6 Å². The summed E-state index contributed by atoms with van der Waals surface area (Å²) in [5.74, 6) is 0.102. The van der Waals surface area contributed by atoms with Crippen molar-refractivity contribution in [2.75, 3.05) is 18.8 Å². The van der Waals surface area contributed by atoms with Crippen molar-refractivity contribution in [3.05, 3.63) is 35.9 Å². The minimum Gasteiger partial charge on any atom is -0.399 e. The number of nitrogens with two attached hydrogens (primary N) is 1. The number of anilines is 1. The van der Waals surface area contributed by atoms with E-state index in [-0.39, 0.29) is 5.91 Å². The summed E-state index contributed by atoms with van der Waals surface area (Å²) in [4.78, 5) is 14.2. The number of amides is 1. The quantitative estimate of drug-likeness (QED) is 0.663. The SMILES string of the molecule is CC1(C)CCCN(C(=O)/C=C/c2cccc(N)c2)CC1. The number of likely N-dealkylation sites (tertiary alicyclic amines) is 1. The van der Waals surface area contributed by atoms with Crippen molar-refractivity contribution in [3.8, 4) is 0 Å². The summed E-state index contributed by atoms with van der Waals surface area (Å²) >= 11 is 0. The van der Waals surface area contributed by atoms with Crippen LogP contribution in [0.4, 0.5) is 5.69 Å². The van der Waals surface area contributed by atoms with E-state index in [9.17, 15) is 4.79 Å². The van der Waals surface area contributed by atoms with E-state index in [0.29, 0.717) is 5.41 Å². The number of nitrogen functional groups attached to an aromatic ring is 1. The first-order valence-electron chi connectivity index (χ1n) is 7.29. The van der Waals surface area contributed by atoms with Crippen LogP contribution in [-0.2, 0) is 4.79 Å². The van der Waals surface area contributed by atoms with Crippen LogP contribution < -0.4 is 5.73 Å². The molecule has 3 heteroatoms. The van der Waals surface area contributed by atoms with E-state index in [1.165, 1.54) is 6.42 Å². The third-order valence-electron chi connectivity index (χ3n) is 3.98. The third-order valence-corrected chi connectivity index (χ3v) is 3.98. The second-order valence-electron chi connectivity index (χ2n) is 6.35. The van der Waals surface area contributed by atoms with E-state index in [2.05, 4.69) is 13.8 Å². The minimum absolute atomic E-state index is 0.102. The van der Waals surface area contributed by atoms with Gasteiger partial charge >= 0.3 is 0 Å². The van der Waals surface area contributed by atoms with Gasteiger partial charge in [-0.15, -0.1) is 0 Å². The van der Waals surface area contributed by atoms with Crippen molar-refractivity contribution in [2.45, 2.75) is 33.1 Å². The van der Waals surface area contributed by atoms with Gasteiger partial charge in [0.25, 0.3) is 0 Å². The van der Waals surface area contributed by atoms with Gasteiger partial charge in [-0.2, -0.15) is 0 Å². The van der Waals surface area contributed by atoms with Crippen LogP contribution in [0.25, 0.3) is 6.08 Å². The average molecular weight is 272 g/mol. The van der Waals surface area contributed by atoms with Gasteiger partial charge in [0.2, 0.25) is 5.91 Å². The molecule has 1 aliphatic heterocycles. The molecule has 1 aromatic carbocycles. The molecule has 2 N–H and O–H groups in total. The zero-order valence-electron chi connectivity index (χ0n) is 12.4. The normalized spacial score (nSPS) is 19.0. The van der Waals surface area contributed by atoms with Crippen LogP contribution >= 0.6 is 0 Å². The summed E-state index contributed by atoms with van der Waals surface area (Å²) in [5.41, 5.74) is 7.77. The number of nitrogens with zero attached hydrogens (tertiary/aromatic N) is 1. The first kappa shape index (κ1) is 14.6. The Labute approximate surface area is 121 Å². The van der Waals surface area contributed by atoms with Gasteiger partial charge in [0, 0.05) is 24.9 Å². The summed E-state index contributed by atoms with van der Waals surface area (Å²) in [5, 5.41) is 0. The molecule has 1 amide bonds. The van der Waals surface area contributed by atoms with Crippen LogP contribution in [0.2, 0.25) is 0 Å². The van der Waals surface area contributed by atoms with Crippen molar-refractivity contribution in [1.82, 2.24) is 4.90 Å². The predicted molar refractivity (Wildman–Crippen MR) is 84.1 cm³/mol. The van der Waals surface area contributed by atoms with Crippen LogP contribution in [0.1, 0.15) is 38.7 Å². The van der Waals surface area contributed by atoms with Gasteiger partial charge in [-0.1, -0.05) is 26.0 Å². The number of carbonyl (C=O) groups excluding carboxylic acids is 1. The minimum atomic E-state index is 0.102. The monoisotopic (exact) mass is 272 g/mol. The summed E-state index contributed by atoms with van der Waals surface area (Å²) in [7, 11) is 0. The van der Waals surface area contributed by atoms with Gasteiger partial charge in [0.05, 0.1) is 0 Å². The van der Waals surface area contributed by atoms with E-state index >= 15 is 0 Å². The highest BCUT2D eigenvalue weighted by molar-refractivity contribution is 5.91. The van der Waals surface area contributed by atoms with Gasteiger partial charge in [-0.25, -0.2) is 0 Å². The molecule has 1 aliphatic rings. The number of carbonyl (C=O) groups is 1. The Bertz CT molecular complexity index is 505. The molecule has 108 valence electrons. The highest BCUT2D eigenvalue weighted by Gasteiger charge is 2.24. The second kappa shape index (κ2) is 6.12. The van der Waals surface area contributed by atoms with Crippen molar-refractivity contribution < 1.29 is 4.79 Å². The first-order chi connectivity index (χ1) is 9.46. The summed E-state index contributed by atoms with van der Waals surface area (Å²) in [6.07, 6.45) is 6.85. The summed E-state index contributed by atoms with van der Waals surface area (Å²) in [6.45, 7) is 6.28. The highest BCUT2D eigenvalue weighted by Crippen LogP contribution is 2.29. The first-order valence-corrected chi connectivity index (χ1v) is 7.29. The maximum atomic E-state index is 12.2. The summed E-state index contributed by atoms with van der Waals surface area (Å²) in [6, 6.07) is 7.56. The summed E-state index contributed by atoms with van der Waals surface area (Å²) < 4.78 is 0. The molecule has 0 atom stereocenters. The molecule has 20 heavy (non-hydrogen) atoms. The molecule has 2 rings (SSSR count).